The highest BCUT2D eigenvalue weighted by atomic mass is 16.5. The van der Waals surface area contributed by atoms with Gasteiger partial charge in [0.1, 0.15) is 0 Å². The van der Waals surface area contributed by atoms with Crippen LogP contribution in [0, 0.1) is 0 Å². The molecule has 0 saturated heterocycles. The van der Waals surface area contributed by atoms with E-state index in [1.54, 1.807) is 0 Å². The lowest BCUT2D eigenvalue weighted by molar-refractivity contribution is -0.143. The van der Waals surface area contributed by atoms with Gasteiger partial charge in [-0.25, -0.2) is 0 Å². The number of allylic oxidation sites excluding steroid dienone is 2. The lowest BCUT2D eigenvalue weighted by Crippen LogP contribution is -2.05. The number of hydrogen-bond acceptors (Lipinski definition) is 2. The van der Waals surface area contributed by atoms with E-state index in [1.165, 1.54) is 173 Å². The summed E-state index contributed by atoms with van der Waals surface area (Å²) in [4.78, 5) is 11.9. The molecule has 0 aromatic heterocycles. The Bertz CT molecular complexity index is 470. The van der Waals surface area contributed by atoms with Gasteiger partial charge in [-0.1, -0.05) is 174 Å². The molecule has 2 nitrogen and oxygen atoms in total. The quantitative estimate of drug-likeness (QED) is 0.0487. The van der Waals surface area contributed by atoms with Gasteiger partial charge in [0.25, 0.3) is 0 Å². The molecule has 0 amide bonds. The van der Waals surface area contributed by atoms with Crippen LogP contribution in [0.5, 0.6) is 0 Å². The molecular formula is C36H70O2. The van der Waals surface area contributed by atoms with Crippen molar-refractivity contribution in [1.29, 1.82) is 0 Å². The lowest BCUT2D eigenvalue weighted by atomic mass is 10.0. The first-order chi connectivity index (χ1) is 18.8. The summed E-state index contributed by atoms with van der Waals surface area (Å²) < 4.78 is 5.43. The van der Waals surface area contributed by atoms with E-state index in [4.69, 9.17) is 4.74 Å². The predicted molar refractivity (Wildman–Crippen MR) is 170 cm³/mol. The van der Waals surface area contributed by atoms with Gasteiger partial charge in [-0.3, -0.25) is 4.79 Å². The molecule has 0 spiro atoms. The van der Waals surface area contributed by atoms with Crippen LogP contribution in [0.15, 0.2) is 12.2 Å². The van der Waals surface area contributed by atoms with Gasteiger partial charge in [0.05, 0.1) is 6.61 Å². The lowest BCUT2D eigenvalue weighted by Gasteiger charge is -2.05. The Morgan fingerprint density at radius 1 is 0.421 bits per heavy atom. The molecule has 226 valence electrons. The van der Waals surface area contributed by atoms with E-state index >= 15 is 0 Å². The molecule has 38 heavy (non-hydrogen) atoms. The van der Waals surface area contributed by atoms with Crippen LogP contribution >= 0.6 is 0 Å². The van der Waals surface area contributed by atoms with Gasteiger partial charge >= 0.3 is 5.97 Å². The van der Waals surface area contributed by atoms with Crippen molar-refractivity contribution in [2.75, 3.05) is 6.61 Å². The average Bonchev–Trinajstić information content (AvgIpc) is 2.92. The van der Waals surface area contributed by atoms with Crippen LogP contribution in [-0.4, -0.2) is 12.6 Å². The Hall–Kier alpha value is -0.790. The maximum absolute atomic E-state index is 11.9. The first-order valence-corrected chi connectivity index (χ1v) is 17.6. The molecule has 0 aromatic rings. The molecule has 0 N–H and O–H groups in total. The number of rotatable bonds is 32. The highest BCUT2D eigenvalue weighted by Crippen LogP contribution is 2.14. The number of esters is 1. The Kier molecular flexibility index (Phi) is 33.5. The molecule has 0 fully saturated rings. The third-order valence-corrected chi connectivity index (χ3v) is 7.90. The molecule has 0 atom stereocenters. The van der Waals surface area contributed by atoms with Gasteiger partial charge < -0.3 is 4.74 Å². The summed E-state index contributed by atoms with van der Waals surface area (Å²) in [5.41, 5.74) is 0. The molecule has 0 aliphatic carbocycles. The Morgan fingerprint density at radius 2 is 0.737 bits per heavy atom. The number of hydrogen-bond donors (Lipinski definition) is 0. The molecule has 0 heterocycles. The van der Waals surface area contributed by atoms with E-state index in [1.807, 2.05) is 0 Å². The zero-order valence-corrected chi connectivity index (χ0v) is 26.4. The third-order valence-electron chi connectivity index (χ3n) is 7.90. The second-order valence-corrected chi connectivity index (χ2v) is 11.9. The molecule has 0 unspecified atom stereocenters. The van der Waals surface area contributed by atoms with Gasteiger partial charge in [0, 0.05) is 6.42 Å². The maximum Gasteiger partial charge on any atom is 0.305 e. The number of ether oxygens (including phenoxy) is 1. The van der Waals surface area contributed by atoms with Gasteiger partial charge in [-0.15, -0.1) is 0 Å². The summed E-state index contributed by atoms with van der Waals surface area (Å²) in [5.74, 6) is 0.0190. The van der Waals surface area contributed by atoms with Crippen molar-refractivity contribution >= 4 is 5.97 Å². The standard InChI is InChI=1S/C36H70O2/c1-3-5-7-9-11-13-15-17-19-20-21-23-25-27-29-31-33-35-38-36(37)34-32-30-28-26-24-22-18-16-14-12-10-8-6-4-2/h20-21H,3-19,22-35H2,1-2H3/b21-20+. The van der Waals surface area contributed by atoms with Crippen molar-refractivity contribution in [2.24, 2.45) is 0 Å². The van der Waals surface area contributed by atoms with E-state index in [0.717, 1.165) is 12.8 Å². The largest absolute Gasteiger partial charge is 0.466 e. The minimum Gasteiger partial charge on any atom is -0.466 e. The monoisotopic (exact) mass is 535 g/mol. The van der Waals surface area contributed by atoms with Crippen molar-refractivity contribution in [3.63, 3.8) is 0 Å². The fourth-order valence-corrected chi connectivity index (χ4v) is 5.25. The fraction of sp³-hybridized carbons (Fsp3) is 0.917. The first kappa shape index (κ1) is 37.2. The van der Waals surface area contributed by atoms with E-state index in [9.17, 15) is 4.79 Å². The van der Waals surface area contributed by atoms with E-state index < -0.39 is 0 Å². The van der Waals surface area contributed by atoms with E-state index in [0.29, 0.717) is 13.0 Å². The molecule has 0 radical (unpaired) electrons. The van der Waals surface area contributed by atoms with Crippen molar-refractivity contribution in [3.05, 3.63) is 12.2 Å². The summed E-state index contributed by atoms with van der Waals surface area (Å²) in [6.07, 6.45) is 44.1. The average molecular weight is 535 g/mol. The zero-order valence-electron chi connectivity index (χ0n) is 26.4. The van der Waals surface area contributed by atoms with Crippen LogP contribution in [-0.2, 0) is 9.53 Å². The van der Waals surface area contributed by atoms with Gasteiger partial charge in [-0.05, 0) is 38.5 Å². The topological polar surface area (TPSA) is 26.3 Å². The Morgan fingerprint density at radius 3 is 1.13 bits per heavy atom. The van der Waals surface area contributed by atoms with Gasteiger partial charge in [0.15, 0.2) is 0 Å². The minimum atomic E-state index is 0.0190. The number of carbonyl (C=O) groups excluding carboxylic acids is 1. The fourth-order valence-electron chi connectivity index (χ4n) is 5.25. The summed E-state index contributed by atoms with van der Waals surface area (Å²) in [7, 11) is 0. The van der Waals surface area contributed by atoms with Crippen molar-refractivity contribution in [1.82, 2.24) is 0 Å². The highest BCUT2D eigenvalue weighted by Gasteiger charge is 2.02. The predicted octanol–water partition coefficient (Wildman–Crippen LogP) is 12.8. The van der Waals surface area contributed by atoms with E-state index in [-0.39, 0.29) is 5.97 Å². The second-order valence-electron chi connectivity index (χ2n) is 11.9. The maximum atomic E-state index is 11.9. The first-order valence-electron chi connectivity index (χ1n) is 17.6. The van der Waals surface area contributed by atoms with Crippen molar-refractivity contribution in [3.8, 4) is 0 Å². The summed E-state index contributed by atoms with van der Waals surface area (Å²) >= 11 is 0. The summed E-state index contributed by atoms with van der Waals surface area (Å²) in [6.45, 7) is 5.19. The van der Waals surface area contributed by atoms with Crippen molar-refractivity contribution in [2.45, 2.75) is 206 Å². The summed E-state index contributed by atoms with van der Waals surface area (Å²) in [6, 6.07) is 0. The Labute approximate surface area is 240 Å². The second kappa shape index (κ2) is 34.2. The SMILES string of the molecule is CCCCCCCCCC/C=C/CCCCCCCOC(=O)CCCCCCCCCCCCCCCC. The molecular weight excluding hydrogens is 464 g/mol. The Balaban J connectivity index is 3.19. The van der Waals surface area contributed by atoms with Gasteiger partial charge in [-0.2, -0.15) is 0 Å². The normalized spacial score (nSPS) is 11.5. The van der Waals surface area contributed by atoms with Crippen LogP contribution in [0.2, 0.25) is 0 Å². The van der Waals surface area contributed by atoms with Crippen LogP contribution in [0.1, 0.15) is 206 Å². The molecule has 0 aliphatic heterocycles. The molecule has 2 heteroatoms. The molecule has 0 aromatic carbocycles. The van der Waals surface area contributed by atoms with Gasteiger partial charge in [0.2, 0.25) is 0 Å². The number of unbranched alkanes of at least 4 members (excludes halogenated alkanes) is 26. The smallest absolute Gasteiger partial charge is 0.305 e. The number of carbonyl (C=O) groups is 1. The van der Waals surface area contributed by atoms with Crippen LogP contribution < -0.4 is 0 Å². The minimum absolute atomic E-state index is 0.0190. The van der Waals surface area contributed by atoms with E-state index in [2.05, 4.69) is 26.0 Å². The molecule has 0 aliphatic rings. The molecule has 0 bridgehead atoms. The van der Waals surface area contributed by atoms with Crippen molar-refractivity contribution < 1.29 is 9.53 Å². The molecule has 0 rings (SSSR count). The third kappa shape index (κ3) is 33.2. The zero-order chi connectivity index (χ0) is 27.6. The summed E-state index contributed by atoms with van der Waals surface area (Å²) in [5, 5.41) is 0. The van der Waals surface area contributed by atoms with Crippen LogP contribution in [0.4, 0.5) is 0 Å². The van der Waals surface area contributed by atoms with Crippen LogP contribution in [0.3, 0.4) is 0 Å². The molecule has 0 saturated carbocycles. The highest BCUT2D eigenvalue weighted by molar-refractivity contribution is 5.69. The van der Waals surface area contributed by atoms with Crippen LogP contribution in [0.25, 0.3) is 0 Å².